The summed E-state index contributed by atoms with van der Waals surface area (Å²) < 4.78 is 0.768. The molecule has 5 heteroatoms. The molecule has 0 unspecified atom stereocenters. The summed E-state index contributed by atoms with van der Waals surface area (Å²) in [6.45, 7) is 1.87. The Balaban J connectivity index is 2.25. The number of benzene rings is 2. The number of phenolic OH excluding ortho intramolecular Hbond substituents is 1. The number of nitrogens with one attached hydrogen (secondary N) is 1. The van der Waals surface area contributed by atoms with Crippen molar-refractivity contribution in [3.8, 4) is 5.75 Å². The molecular weight excluding hydrogens is 308 g/mol. The van der Waals surface area contributed by atoms with Gasteiger partial charge >= 0.3 is 0 Å². The Bertz CT molecular complexity index is 641. The Hall–Kier alpha value is -2.01. The number of rotatable bonds is 2. The molecule has 0 atom stereocenters. The van der Waals surface area contributed by atoms with Gasteiger partial charge in [0.05, 0.1) is 5.69 Å². The highest BCUT2D eigenvalue weighted by molar-refractivity contribution is 9.10. The third-order valence-electron chi connectivity index (χ3n) is 2.75. The summed E-state index contributed by atoms with van der Waals surface area (Å²) in [5.41, 5.74) is 8.04. The maximum Gasteiger partial charge on any atom is 0.255 e. The first-order valence-corrected chi connectivity index (χ1v) is 6.42. The van der Waals surface area contributed by atoms with Gasteiger partial charge in [0.2, 0.25) is 0 Å². The number of phenols is 1. The summed E-state index contributed by atoms with van der Waals surface area (Å²) in [4.78, 5) is 12.0. The number of amides is 1. The monoisotopic (exact) mass is 320 g/mol. The second-order valence-electron chi connectivity index (χ2n) is 4.19. The number of carbonyl (C=O) groups is 1. The van der Waals surface area contributed by atoms with E-state index in [9.17, 15) is 9.90 Å². The number of aromatic hydroxyl groups is 1. The fourth-order valence-electron chi connectivity index (χ4n) is 1.58. The van der Waals surface area contributed by atoms with E-state index in [2.05, 4.69) is 21.2 Å². The van der Waals surface area contributed by atoms with Crippen molar-refractivity contribution in [3.63, 3.8) is 0 Å². The molecule has 2 aromatic carbocycles. The van der Waals surface area contributed by atoms with Crippen LogP contribution in [0.25, 0.3) is 0 Å². The van der Waals surface area contributed by atoms with Crippen molar-refractivity contribution >= 4 is 33.2 Å². The largest absolute Gasteiger partial charge is 0.506 e. The minimum absolute atomic E-state index is 0.0108. The van der Waals surface area contributed by atoms with Crippen LogP contribution in [0.5, 0.6) is 5.75 Å². The van der Waals surface area contributed by atoms with Crippen LogP contribution in [-0.4, -0.2) is 11.0 Å². The van der Waals surface area contributed by atoms with Crippen LogP contribution in [0.1, 0.15) is 15.9 Å². The number of anilines is 2. The predicted octanol–water partition coefficient (Wildman–Crippen LogP) is 3.30. The Labute approximate surface area is 119 Å². The minimum atomic E-state index is -0.319. The fourth-order valence-corrected chi connectivity index (χ4v) is 1.95. The summed E-state index contributed by atoms with van der Waals surface area (Å²) >= 11 is 3.28. The molecule has 0 aliphatic carbocycles. The van der Waals surface area contributed by atoms with Gasteiger partial charge < -0.3 is 16.2 Å². The van der Waals surface area contributed by atoms with Gasteiger partial charge in [-0.1, -0.05) is 22.0 Å². The molecule has 0 heterocycles. The molecule has 4 nitrogen and oxygen atoms in total. The molecule has 0 bridgehead atoms. The maximum atomic E-state index is 12.0. The summed E-state index contributed by atoms with van der Waals surface area (Å²) in [5.74, 6) is -0.309. The van der Waals surface area contributed by atoms with Crippen molar-refractivity contribution in [1.82, 2.24) is 0 Å². The summed E-state index contributed by atoms with van der Waals surface area (Å²) in [6.07, 6.45) is 0. The van der Waals surface area contributed by atoms with Crippen molar-refractivity contribution < 1.29 is 9.90 Å². The SMILES string of the molecule is Cc1ccc(C(=O)Nc2cc(Br)ccc2O)cc1N. The molecule has 4 N–H and O–H groups in total. The number of hydrogen-bond donors (Lipinski definition) is 3. The van der Waals surface area contributed by atoms with Gasteiger partial charge in [0.25, 0.3) is 5.91 Å². The zero-order valence-corrected chi connectivity index (χ0v) is 11.9. The predicted molar refractivity (Wildman–Crippen MR) is 79.4 cm³/mol. The molecule has 1 amide bonds. The lowest BCUT2D eigenvalue weighted by Crippen LogP contribution is -2.12. The van der Waals surface area contributed by atoms with E-state index < -0.39 is 0 Å². The quantitative estimate of drug-likeness (QED) is 0.587. The zero-order valence-electron chi connectivity index (χ0n) is 10.3. The molecule has 0 spiro atoms. The van der Waals surface area contributed by atoms with Crippen molar-refractivity contribution in [2.45, 2.75) is 6.92 Å². The molecule has 0 saturated carbocycles. The van der Waals surface area contributed by atoms with Crippen molar-refractivity contribution in [2.75, 3.05) is 11.1 Å². The number of halogens is 1. The second-order valence-corrected chi connectivity index (χ2v) is 5.10. The third-order valence-corrected chi connectivity index (χ3v) is 3.24. The van der Waals surface area contributed by atoms with Crippen LogP contribution in [0.2, 0.25) is 0 Å². The molecule has 0 radical (unpaired) electrons. The average Bonchev–Trinajstić information content (AvgIpc) is 2.37. The Morgan fingerprint density at radius 1 is 1.26 bits per heavy atom. The molecule has 0 aliphatic rings. The highest BCUT2D eigenvalue weighted by Gasteiger charge is 2.10. The van der Waals surface area contributed by atoms with Crippen LogP contribution in [-0.2, 0) is 0 Å². The number of carbonyl (C=O) groups excluding carboxylic acids is 1. The summed E-state index contributed by atoms with van der Waals surface area (Å²) in [5, 5.41) is 12.3. The van der Waals surface area contributed by atoms with E-state index in [1.54, 1.807) is 30.3 Å². The Kier molecular flexibility index (Phi) is 3.76. The van der Waals surface area contributed by atoms with Crippen molar-refractivity contribution in [3.05, 3.63) is 52.0 Å². The van der Waals surface area contributed by atoms with E-state index in [1.165, 1.54) is 6.07 Å². The highest BCUT2D eigenvalue weighted by atomic mass is 79.9. The third kappa shape index (κ3) is 3.06. The highest BCUT2D eigenvalue weighted by Crippen LogP contribution is 2.27. The summed E-state index contributed by atoms with van der Waals surface area (Å²) in [7, 11) is 0. The van der Waals surface area contributed by atoms with E-state index in [-0.39, 0.29) is 11.7 Å². The van der Waals surface area contributed by atoms with Crippen LogP contribution in [0.3, 0.4) is 0 Å². The van der Waals surface area contributed by atoms with Crippen molar-refractivity contribution in [1.29, 1.82) is 0 Å². The fraction of sp³-hybridized carbons (Fsp3) is 0.0714. The van der Waals surface area contributed by atoms with Gasteiger partial charge in [0, 0.05) is 15.7 Å². The molecule has 0 aromatic heterocycles. The van der Waals surface area contributed by atoms with Crippen LogP contribution < -0.4 is 11.1 Å². The van der Waals surface area contributed by atoms with Gasteiger partial charge in [-0.05, 0) is 42.8 Å². The van der Waals surface area contributed by atoms with Gasteiger partial charge in [-0.25, -0.2) is 0 Å². The smallest absolute Gasteiger partial charge is 0.255 e. The molecular formula is C14H13BrN2O2. The Morgan fingerprint density at radius 2 is 2.00 bits per heavy atom. The van der Waals surface area contributed by atoms with Gasteiger partial charge in [0.1, 0.15) is 5.75 Å². The molecule has 19 heavy (non-hydrogen) atoms. The minimum Gasteiger partial charge on any atom is -0.506 e. The number of hydrogen-bond acceptors (Lipinski definition) is 3. The van der Waals surface area contributed by atoms with Gasteiger partial charge in [0.15, 0.2) is 0 Å². The van der Waals surface area contributed by atoms with Gasteiger partial charge in [-0.2, -0.15) is 0 Å². The molecule has 2 aromatic rings. The normalized spacial score (nSPS) is 10.2. The summed E-state index contributed by atoms with van der Waals surface area (Å²) in [6, 6.07) is 9.91. The van der Waals surface area contributed by atoms with E-state index in [4.69, 9.17) is 5.73 Å². The first-order chi connectivity index (χ1) is 8.97. The molecule has 98 valence electrons. The van der Waals surface area contributed by atoms with E-state index >= 15 is 0 Å². The zero-order chi connectivity index (χ0) is 14.0. The first-order valence-electron chi connectivity index (χ1n) is 5.63. The van der Waals surface area contributed by atoms with Crippen molar-refractivity contribution in [2.24, 2.45) is 0 Å². The van der Waals surface area contributed by atoms with E-state index in [0.717, 1.165) is 10.0 Å². The number of nitrogens with two attached hydrogens (primary N) is 1. The Morgan fingerprint density at radius 3 is 2.68 bits per heavy atom. The number of nitrogen functional groups attached to an aromatic ring is 1. The van der Waals surface area contributed by atoms with E-state index in [1.807, 2.05) is 6.92 Å². The topological polar surface area (TPSA) is 75.3 Å². The average molecular weight is 321 g/mol. The molecule has 2 rings (SSSR count). The molecule has 0 aliphatic heterocycles. The lowest BCUT2D eigenvalue weighted by Gasteiger charge is -2.09. The lowest BCUT2D eigenvalue weighted by atomic mass is 10.1. The van der Waals surface area contributed by atoms with Gasteiger partial charge in [-0.15, -0.1) is 0 Å². The maximum absolute atomic E-state index is 12.0. The molecule has 0 saturated heterocycles. The van der Waals surface area contributed by atoms with E-state index in [0.29, 0.717) is 16.9 Å². The van der Waals surface area contributed by atoms with Crippen LogP contribution >= 0.6 is 15.9 Å². The lowest BCUT2D eigenvalue weighted by molar-refractivity contribution is 0.102. The van der Waals surface area contributed by atoms with Crippen LogP contribution in [0.4, 0.5) is 11.4 Å². The van der Waals surface area contributed by atoms with Gasteiger partial charge in [-0.3, -0.25) is 4.79 Å². The standard InChI is InChI=1S/C14H13BrN2O2/c1-8-2-3-9(6-11(8)16)14(19)17-12-7-10(15)4-5-13(12)18/h2-7,18H,16H2,1H3,(H,17,19). The second kappa shape index (κ2) is 5.32. The van der Waals surface area contributed by atoms with Crippen LogP contribution in [0.15, 0.2) is 40.9 Å². The first kappa shape index (κ1) is 13.4. The molecule has 0 fully saturated rings. The van der Waals surface area contributed by atoms with Crippen LogP contribution in [0, 0.1) is 6.92 Å². The number of aryl methyl sites for hydroxylation is 1.